The second-order valence-electron chi connectivity index (χ2n) is 4.34. The van der Waals surface area contributed by atoms with E-state index in [4.69, 9.17) is 9.47 Å². The number of ketones is 1. The summed E-state index contributed by atoms with van der Waals surface area (Å²) < 4.78 is 9.87. The normalized spacial score (nSPS) is 17.1. The van der Waals surface area contributed by atoms with E-state index >= 15 is 0 Å². The topological polar surface area (TPSA) is 80.2 Å². The highest BCUT2D eigenvalue weighted by atomic mass is 16.5. The van der Waals surface area contributed by atoms with Crippen LogP contribution in [0.25, 0.3) is 0 Å². The van der Waals surface area contributed by atoms with Crippen LogP contribution < -0.4 is 5.32 Å². The average Bonchev–Trinajstić information content (AvgIpc) is 2.43. The molecule has 112 valence electrons. The van der Waals surface area contributed by atoms with Crippen LogP contribution in [-0.2, 0) is 14.3 Å². The van der Waals surface area contributed by atoms with Crippen molar-refractivity contribution >= 4 is 11.5 Å². The molecule has 0 atom stereocenters. The fourth-order valence-electron chi connectivity index (χ4n) is 1.67. The number of allylic oxidation sites excluding steroid dienone is 2. The number of aliphatic hydroxyl groups excluding tert-OH is 1. The van der Waals surface area contributed by atoms with Gasteiger partial charge in [-0.15, -0.1) is 0 Å². The van der Waals surface area contributed by atoms with Crippen molar-refractivity contribution in [3.8, 4) is 0 Å². The van der Waals surface area contributed by atoms with E-state index in [0.717, 1.165) is 12.8 Å². The molecule has 0 saturated heterocycles. The van der Waals surface area contributed by atoms with E-state index in [1.807, 2.05) is 0 Å². The molecular weight excluding hydrogens is 260 g/mol. The first-order valence-electron chi connectivity index (χ1n) is 6.62. The van der Waals surface area contributed by atoms with E-state index in [0.29, 0.717) is 37.7 Å². The third kappa shape index (κ3) is 5.54. The van der Waals surface area contributed by atoms with Gasteiger partial charge >= 0.3 is 0 Å². The molecule has 0 aromatic heterocycles. The molecule has 0 spiro atoms. The van der Waals surface area contributed by atoms with Gasteiger partial charge in [0, 0.05) is 46.6 Å². The van der Waals surface area contributed by atoms with Gasteiger partial charge in [-0.05, 0) is 18.9 Å². The number of aliphatic hydroxyl groups is 1. The van der Waals surface area contributed by atoms with Crippen LogP contribution in [-0.4, -0.2) is 57.1 Å². The third-order valence-electron chi connectivity index (χ3n) is 2.71. The molecule has 0 unspecified atom stereocenters. The van der Waals surface area contributed by atoms with Crippen molar-refractivity contribution in [2.75, 3.05) is 40.5 Å². The minimum atomic E-state index is -0.276. The standard InChI is InChI=1S/C14H22N2O4/c1-19-7-3-5-15-11-9-12(14(18)10-13(11)17)16-6-4-8-20-2/h9-10,15,17H,3-8H2,1-2H3. The number of nitrogens with zero attached hydrogens (tertiary/aromatic N) is 1. The fourth-order valence-corrected chi connectivity index (χ4v) is 1.67. The number of nitrogens with one attached hydrogen (secondary N) is 1. The van der Waals surface area contributed by atoms with E-state index in [2.05, 4.69) is 10.3 Å². The predicted molar refractivity (Wildman–Crippen MR) is 77.1 cm³/mol. The molecule has 6 nitrogen and oxygen atoms in total. The molecular formula is C14H22N2O4. The first kappa shape index (κ1) is 16.4. The highest BCUT2D eigenvalue weighted by molar-refractivity contribution is 6.49. The number of rotatable bonds is 9. The van der Waals surface area contributed by atoms with E-state index in [-0.39, 0.29) is 11.5 Å². The molecule has 0 aromatic carbocycles. The van der Waals surface area contributed by atoms with E-state index in [1.54, 1.807) is 20.3 Å². The van der Waals surface area contributed by atoms with E-state index in [9.17, 15) is 9.90 Å². The number of carbonyl (C=O) groups excluding carboxylic acids is 1. The van der Waals surface area contributed by atoms with Crippen LogP contribution >= 0.6 is 0 Å². The second-order valence-corrected chi connectivity index (χ2v) is 4.34. The highest BCUT2D eigenvalue weighted by Gasteiger charge is 2.17. The number of hydrogen-bond acceptors (Lipinski definition) is 6. The molecule has 2 N–H and O–H groups in total. The lowest BCUT2D eigenvalue weighted by atomic mass is 10.1. The summed E-state index contributed by atoms with van der Waals surface area (Å²) in [7, 11) is 3.27. The van der Waals surface area contributed by atoms with Crippen molar-refractivity contribution in [1.82, 2.24) is 5.32 Å². The van der Waals surface area contributed by atoms with Crippen LogP contribution in [0.3, 0.4) is 0 Å². The molecule has 0 fully saturated rings. The third-order valence-corrected chi connectivity index (χ3v) is 2.71. The summed E-state index contributed by atoms with van der Waals surface area (Å²) in [5, 5.41) is 12.8. The summed E-state index contributed by atoms with van der Waals surface area (Å²) in [6, 6.07) is 0. The summed E-state index contributed by atoms with van der Waals surface area (Å²) in [5.41, 5.74) is 0.874. The van der Waals surface area contributed by atoms with Crippen molar-refractivity contribution in [1.29, 1.82) is 0 Å². The van der Waals surface area contributed by atoms with Crippen molar-refractivity contribution < 1.29 is 19.4 Å². The quantitative estimate of drug-likeness (QED) is 0.487. The molecule has 1 aliphatic rings. The maximum Gasteiger partial charge on any atom is 0.207 e. The fraction of sp³-hybridized carbons (Fsp3) is 0.571. The van der Waals surface area contributed by atoms with Crippen molar-refractivity contribution in [2.45, 2.75) is 12.8 Å². The second kappa shape index (κ2) is 9.28. The Balaban J connectivity index is 2.57. The largest absolute Gasteiger partial charge is 0.506 e. The van der Waals surface area contributed by atoms with Crippen LogP contribution in [0.4, 0.5) is 0 Å². The zero-order valence-corrected chi connectivity index (χ0v) is 12.0. The van der Waals surface area contributed by atoms with Gasteiger partial charge in [0.05, 0.1) is 5.70 Å². The van der Waals surface area contributed by atoms with Gasteiger partial charge in [0.1, 0.15) is 11.5 Å². The number of methoxy groups -OCH3 is 2. The van der Waals surface area contributed by atoms with Gasteiger partial charge in [0.2, 0.25) is 5.78 Å². The molecule has 20 heavy (non-hydrogen) atoms. The lowest BCUT2D eigenvalue weighted by Gasteiger charge is -2.14. The Hall–Kier alpha value is -1.66. The van der Waals surface area contributed by atoms with E-state index in [1.165, 1.54) is 6.08 Å². The molecule has 0 bridgehead atoms. The van der Waals surface area contributed by atoms with Gasteiger partial charge in [-0.1, -0.05) is 0 Å². The highest BCUT2D eigenvalue weighted by Crippen LogP contribution is 2.10. The van der Waals surface area contributed by atoms with Gasteiger partial charge in [-0.25, -0.2) is 0 Å². The lowest BCUT2D eigenvalue weighted by molar-refractivity contribution is -0.109. The SMILES string of the molecule is COCCCN=C1C=C(NCCCOC)C(O)=CC1=O. The van der Waals surface area contributed by atoms with Crippen LogP contribution in [0.5, 0.6) is 0 Å². The summed E-state index contributed by atoms with van der Waals surface area (Å²) in [6.45, 7) is 2.43. The number of ether oxygens (including phenoxy) is 2. The maximum atomic E-state index is 11.7. The first-order chi connectivity index (χ1) is 9.69. The number of hydrogen-bond donors (Lipinski definition) is 2. The first-order valence-corrected chi connectivity index (χ1v) is 6.62. The lowest BCUT2D eigenvalue weighted by Crippen LogP contribution is -2.25. The zero-order valence-electron chi connectivity index (χ0n) is 12.0. The van der Waals surface area contributed by atoms with Crippen LogP contribution in [0.1, 0.15) is 12.8 Å². The molecule has 0 heterocycles. The maximum absolute atomic E-state index is 11.7. The van der Waals surface area contributed by atoms with Crippen LogP contribution in [0.15, 0.2) is 28.6 Å². The Morgan fingerprint density at radius 2 is 1.90 bits per heavy atom. The smallest absolute Gasteiger partial charge is 0.207 e. The van der Waals surface area contributed by atoms with Crippen molar-refractivity contribution in [3.63, 3.8) is 0 Å². The van der Waals surface area contributed by atoms with Gasteiger partial charge in [0.25, 0.3) is 0 Å². The predicted octanol–water partition coefficient (Wildman–Crippen LogP) is 0.999. The van der Waals surface area contributed by atoms with Crippen molar-refractivity contribution in [3.05, 3.63) is 23.6 Å². The number of aliphatic imine (C=N–C) groups is 1. The summed E-state index contributed by atoms with van der Waals surface area (Å²) >= 11 is 0. The molecule has 1 aliphatic carbocycles. The van der Waals surface area contributed by atoms with Gasteiger partial charge in [-0.3, -0.25) is 9.79 Å². The van der Waals surface area contributed by atoms with Crippen LogP contribution in [0, 0.1) is 0 Å². The number of carbonyl (C=O) groups is 1. The minimum Gasteiger partial charge on any atom is -0.506 e. The molecule has 0 aromatic rings. The minimum absolute atomic E-state index is 0.0525. The summed E-state index contributed by atoms with van der Waals surface area (Å²) in [6.07, 6.45) is 4.34. The molecule has 0 radical (unpaired) electrons. The van der Waals surface area contributed by atoms with Crippen LogP contribution in [0.2, 0.25) is 0 Å². The van der Waals surface area contributed by atoms with Crippen molar-refractivity contribution in [2.24, 2.45) is 4.99 Å². The molecule has 0 saturated carbocycles. The Kier molecular flexibility index (Phi) is 7.60. The Morgan fingerprint density at radius 1 is 1.20 bits per heavy atom. The molecule has 0 aliphatic heterocycles. The summed E-state index contributed by atoms with van der Waals surface area (Å²) in [5.74, 6) is -0.328. The average molecular weight is 282 g/mol. The Bertz CT molecular complexity index is 413. The Labute approximate surface area is 119 Å². The zero-order chi connectivity index (χ0) is 14.8. The van der Waals surface area contributed by atoms with Gasteiger partial charge < -0.3 is 19.9 Å². The summed E-state index contributed by atoms with van der Waals surface area (Å²) in [4.78, 5) is 15.9. The van der Waals surface area contributed by atoms with Gasteiger partial charge in [0.15, 0.2) is 0 Å². The molecule has 6 heteroatoms. The Morgan fingerprint density at radius 3 is 2.60 bits per heavy atom. The van der Waals surface area contributed by atoms with Gasteiger partial charge in [-0.2, -0.15) is 0 Å². The van der Waals surface area contributed by atoms with E-state index < -0.39 is 0 Å². The molecule has 0 amide bonds. The monoisotopic (exact) mass is 282 g/mol. The molecule has 1 rings (SSSR count).